The minimum Gasteiger partial charge on any atom is -0.381 e. The predicted octanol–water partition coefficient (Wildman–Crippen LogP) is 2.47. The molecule has 0 aromatic heterocycles. The molecule has 6 nitrogen and oxygen atoms in total. The molecule has 0 saturated carbocycles. The van der Waals surface area contributed by atoms with Gasteiger partial charge >= 0.3 is 0 Å². The number of halogens is 1. The molecule has 1 heterocycles. The number of carbonyl (C=O) groups excluding carboxylic acids is 1. The second-order valence-corrected chi connectivity index (χ2v) is 8.36. The lowest BCUT2D eigenvalue weighted by atomic mass is 9.74. The number of benzene rings is 1. The van der Waals surface area contributed by atoms with Crippen LogP contribution in [0.3, 0.4) is 0 Å². The average molecular weight is 395 g/mol. The summed E-state index contributed by atoms with van der Waals surface area (Å²) in [6.45, 7) is 8.10. The van der Waals surface area contributed by atoms with Gasteiger partial charge in [0, 0.05) is 42.8 Å². The maximum Gasteiger partial charge on any atom is 0.239 e. The fraction of sp³-hybridized carbons (Fsp3) is 0.600. The summed E-state index contributed by atoms with van der Waals surface area (Å²) in [5.74, 6) is 0.523. The van der Waals surface area contributed by atoms with Crippen LogP contribution in [0, 0.1) is 0 Å². The highest BCUT2D eigenvalue weighted by Gasteiger charge is 2.36. The van der Waals surface area contributed by atoms with Crippen LogP contribution in [0.1, 0.15) is 39.2 Å². The summed E-state index contributed by atoms with van der Waals surface area (Å²) in [7, 11) is 1.70. The van der Waals surface area contributed by atoms with Gasteiger partial charge in [0.1, 0.15) is 0 Å². The van der Waals surface area contributed by atoms with E-state index in [-0.39, 0.29) is 23.4 Å². The molecule has 0 spiro atoms. The molecular weight excluding hydrogens is 364 g/mol. The van der Waals surface area contributed by atoms with Crippen LogP contribution >= 0.6 is 11.6 Å². The second kappa shape index (κ2) is 9.42. The van der Waals surface area contributed by atoms with Crippen molar-refractivity contribution in [1.82, 2.24) is 16.0 Å². The molecule has 27 heavy (non-hydrogen) atoms. The highest BCUT2D eigenvalue weighted by atomic mass is 35.5. The lowest BCUT2D eigenvalue weighted by molar-refractivity contribution is -0.121. The number of hydrogen-bond donors (Lipinski definition) is 3. The third kappa shape index (κ3) is 6.40. The Hall–Kier alpha value is -1.79. The van der Waals surface area contributed by atoms with E-state index in [1.54, 1.807) is 7.05 Å². The van der Waals surface area contributed by atoms with Crippen LogP contribution in [0.15, 0.2) is 29.3 Å². The maximum atomic E-state index is 12.0. The molecule has 1 aromatic carbocycles. The first-order valence-electron chi connectivity index (χ1n) is 9.34. The molecule has 0 radical (unpaired) electrons. The van der Waals surface area contributed by atoms with E-state index >= 15 is 0 Å². The number of amides is 1. The molecule has 3 N–H and O–H groups in total. The molecule has 7 heteroatoms. The zero-order valence-electron chi connectivity index (χ0n) is 16.7. The Balaban J connectivity index is 2.01. The Bertz CT molecular complexity index is 664. The van der Waals surface area contributed by atoms with Crippen LogP contribution < -0.4 is 16.0 Å². The molecule has 1 aliphatic heterocycles. The van der Waals surface area contributed by atoms with Gasteiger partial charge in [-0.25, -0.2) is 0 Å². The van der Waals surface area contributed by atoms with E-state index in [1.807, 2.05) is 39.0 Å². The van der Waals surface area contributed by atoms with Crippen LogP contribution in [-0.2, 0) is 14.9 Å². The first-order chi connectivity index (χ1) is 12.8. The molecule has 150 valence electrons. The number of ether oxygens (including phenoxy) is 1. The molecule has 1 amide bonds. The van der Waals surface area contributed by atoms with Crippen LogP contribution in [0.4, 0.5) is 0 Å². The van der Waals surface area contributed by atoms with Crippen molar-refractivity contribution in [3.05, 3.63) is 34.9 Å². The topological polar surface area (TPSA) is 74.8 Å². The van der Waals surface area contributed by atoms with Gasteiger partial charge in [-0.15, -0.1) is 0 Å². The van der Waals surface area contributed by atoms with Gasteiger partial charge in [-0.05, 0) is 45.2 Å². The average Bonchev–Trinajstić information content (AvgIpc) is 2.61. The van der Waals surface area contributed by atoms with Gasteiger partial charge in [0.15, 0.2) is 5.96 Å². The fourth-order valence-electron chi connectivity index (χ4n) is 3.29. The van der Waals surface area contributed by atoms with Crippen molar-refractivity contribution >= 4 is 23.5 Å². The molecule has 0 bridgehead atoms. The van der Waals surface area contributed by atoms with E-state index in [4.69, 9.17) is 16.3 Å². The Morgan fingerprint density at radius 3 is 2.48 bits per heavy atom. The van der Waals surface area contributed by atoms with Crippen molar-refractivity contribution < 1.29 is 9.53 Å². The summed E-state index contributed by atoms with van der Waals surface area (Å²) >= 11 is 6.49. The molecule has 1 aromatic rings. The molecule has 0 atom stereocenters. The zero-order chi connectivity index (χ0) is 19.9. The van der Waals surface area contributed by atoms with Gasteiger partial charge in [-0.3, -0.25) is 9.79 Å². The van der Waals surface area contributed by atoms with E-state index in [0.29, 0.717) is 25.7 Å². The second-order valence-electron chi connectivity index (χ2n) is 7.95. The van der Waals surface area contributed by atoms with Gasteiger partial charge < -0.3 is 20.7 Å². The van der Waals surface area contributed by atoms with Crippen molar-refractivity contribution in [2.45, 2.75) is 44.6 Å². The van der Waals surface area contributed by atoms with Crippen molar-refractivity contribution in [2.24, 2.45) is 4.99 Å². The molecule has 1 fully saturated rings. The summed E-state index contributed by atoms with van der Waals surface area (Å²) in [6.07, 6.45) is 1.76. The lowest BCUT2D eigenvalue weighted by Crippen LogP contribution is -2.51. The van der Waals surface area contributed by atoms with Crippen molar-refractivity contribution in [1.29, 1.82) is 0 Å². The van der Waals surface area contributed by atoms with Crippen molar-refractivity contribution in [2.75, 3.05) is 33.4 Å². The van der Waals surface area contributed by atoms with E-state index in [2.05, 4.69) is 27.0 Å². The van der Waals surface area contributed by atoms with E-state index in [9.17, 15) is 4.79 Å². The van der Waals surface area contributed by atoms with Crippen LogP contribution in [0.2, 0.25) is 5.02 Å². The summed E-state index contributed by atoms with van der Waals surface area (Å²) in [5.41, 5.74) is 0.747. The van der Waals surface area contributed by atoms with E-state index in [0.717, 1.165) is 23.4 Å². The van der Waals surface area contributed by atoms with Crippen LogP contribution in [0.5, 0.6) is 0 Å². The van der Waals surface area contributed by atoms with Crippen molar-refractivity contribution in [3.63, 3.8) is 0 Å². The van der Waals surface area contributed by atoms with Gasteiger partial charge in [0.05, 0.1) is 6.54 Å². The quantitative estimate of drug-likeness (QED) is 0.529. The molecule has 2 rings (SSSR count). The third-order valence-corrected chi connectivity index (χ3v) is 4.97. The van der Waals surface area contributed by atoms with Crippen LogP contribution in [0.25, 0.3) is 0 Å². The number of rotatable bonds is 5. The summed E-state index contributed by atoms with van der Waals surface area (Å²) in [4.78, 5) is 16.3. The van der Waals surface area contributed by atoms with Crippen LogP contribution in [-0.4, -0.2) is 50.8 Å². The minimum atomic E-state index is -0.258. The molecule has 1 saturated heterocycles. The summed E-state index contributed by atoms with van der Waals surface area (Å²) < 4.78 is 5.57. The number of nitrogens with one attached hydrogen (secondary N) is 3. The number of hydrogen-bond acceptors (Lipinski definition) is 3. The fourth-order valence-corrected chi connectivity index (χ4v) is 3.63. The SMILES string of the molecule is CN=C(NCC(=O)NC(C)(C)C)NCC1(c2ccccc2Cl)CCOCC1. The van der Waals surface area contributed by atoms with Gasteiger partial charge in [-0.1, -0.05) is 29.8 Å². The third-order valence-electron chi connectivity index (χ3n) is 4.64. The highest BCUT2D eigenvalue weighted by Crippen LogP contribution is 2.38. The Labute approximate surface area is 167 Å². The molecular formula is C20H31ClN4O2. The number of aliphatic imine (C=N–C) groups is 1. The minimum absolute atomic E-state index is 0.0719. The number of guanidine groups is 1. The highest BCUT2D eigenvalue weighted by molar-refractivity contribution is 6.31. The van der Waals surface area contributed by atoms with Crippen molar-refractivity contribution in [3.8, 4) is 0 Å². The zero-order valence-corrected chi connectivity index (χ0v) is 17.4. The first kappa shape index (κ1) is 21.5. The number of carbonyl (C=O) groups is 1. The lowest BCUT2D eigenvalue weighted by Gasteiger charge is -2.38. The standard InChI is InChI=1S/C20H31ClN4O2/c1-19(2,3)25-17(26)13-23-18(22-4)24-14-20(9-11-27-12-10-20)15-7-5-6-8-16(15)21/h5-8H,9-14H2,1-4H3,(H,25,26)(H2,22,23,24). The van der Waals surface area contributed by atoms with Gasteiger partial charge in [0.25, 0.3) is 0 Å². The molecule has 0 unspecified atom stereocenters. The van der Waals surface area contributed by atoms with E-state index in [1.165, 1.54) is 0 Å². The summed E-state index contributed by atoms with van der Waals surface area (Å²) in [6, 6.07) is 7.98. The van der Waals surface area contributed by atoms with E-state index < -0.39 is 0 Å². The predicted molar refractivity (Wildman–Crippen MR) is 110 cm³/mol. The number of nitrogens with zero attached hydrogens (tertiary/aromatic N) is 1. The van der Waals surface area contributed by atoms with Gasteiger partial charge in [0.2, 0.25) is 5.91 Å². The Kier molecular flexibility index (Phi) is 7.50. The normalized spacial score (nSPS) is 17.3. The smallest absolute Gasteiger partial charge is 0.239 e. The first-order valence-corrected chi connectivity index (χ1v) is 9.72. The maximum absolute atomic E-state index is 12.0. The van der Waals surface area contributed by atoms with Gasteiger partial charge in [-0.2, -0.15) is 0 Å². The summed E-state index contributed by atoms with van der Waals surface area (Å²) in [5, 5.41) is 10.1. The Morgan fingerprint density at radius 1 is 1.22 bits per heavy atom. The molecule has 1 aliphatic rings. The largest absolute Gasteiger partial charge is 0.381 e. The molecule has 0 aliphatic carbocycles. The monoisotopic (exact) mass is 394 g/mol. The Morgan fingerprint density at radius 2 is 1.89 bits per heavy atom.